The quantitative estimate of drug-likeness (QED) is 0.554. The fourth-order valence-corrected chi connectivity index (χ4v) is 4.90. The van der Waals surface area contributed by atoms with E-state index in [1.165, 1.54) is 18.2 Å². The highest BCUT2D eigenvalue weighted by Crippen LogP contribution is 2.42. The maximum atomic E-state index is 13.9. The number of hydrogen-bond donors (Lipinski definition) is 1. The van der Waals surface area contributed by atoms with Crippen LogP contribution in [-0.4, -0.2) is 30.2 Å². The Hall–Kier alpha value is -2.97. The largest absolute Gasteiger partial charge is 0.404 e. The summed E-state index contributed by atoms with van der Waals surface area (Å²) in [5.41, 5.74) is 1.58. The standard InChI is InChI=1S/C21H18F4N4O2S/c1-12(21(23,24)25)28-32(30,31)15-6-7-18(27-11-15)20-17(10-26)16-9-13(22)5-8-19(16)29(20)14-3-2-4-14/h5-9,11-12,14,28H,2-4H2,1H3/t12-/m1/s1. The first kappa shape index (κ1) is 22.2. The Morgan fingerprint density at radius 1 is 1.25 bits per heavy atom. The van der Waals surface area contributed by atoms with Crippen LogP contribution in [0, 0.1) is 17.1 Å². The third-order valence-electron chi connectivity index (χ3n) is 5.63. The number of nitriles is 1. The number of halogens is 4. The van der Waals surface area contributed by atoms with Crippen LogP contribution in [0.1, 0.15) is 37.8 Å². The van der Waals surface area contributed by atoms with Gasteiger partial charge in [0.2, 0.25) is 10.0 Å². The van der Waals surface area contributed by atoms with E-state index in [0.717, 1.165) is 31.5 Å². The molecule has 1 fully saturated rings. The lowest BCUT2D eigenvalue weighted by atomic mass is 9.92. The molecular weight excluding hydrogens is 448 g/mol. The van der Waals surface area contributed by atoms with Crippen molar-refractivity contribution in [2.24, 2.45) is 0 Å². The third kappa shape index (κ3) is 3.84. The van der Waals surface area contributed by atoms with E-state index in [0.29, 0.717) is 23.5 Å². The van der Waals surface area contributed by atoms with Crippen LogP contribution < -0.4 is 4.72 Å². The number of fused-ring (bicyclic) bond motifs is 1. The minimum Gasteiger partial charge on any atom is -0.335 e. The molecule has 2 aromatic heterocycles. The van der Waals surface area contributed by atoms with Crippen LogP contribution in [0.5, 0.6) is 0 Å². The van der Waals surface area contributed by atoms with Crippen LogP contribution in [0.15, 0.2) is 41.4 Å². The Kier molecular flexibility index (Phi) is 5.46. The van der Waals surface area contributed by atoms with Gasteiger partial charge in [0.15, 0.2) is 0 Å². The lowest BCUT2D eigenvalue weighted by Gasteiger charge is -2.30. The Morgan fingerprint density at radius 3 is 2.50 bits per heavy atom. The van der Waals surface area contributed by atoms with Gasteiger partial charge in [-0.1, -0.05) is 0 Å². The van der Waals surface area contributed by atoms with Crippen LogP contribution >= 0.6 is 0 Å². The van der Waals surface area contributed by atoms with Crippen LogP contribution in [0.2, 0.25) is 0 Å². The topological polar surface area (TPSA) is 87.8 Å². The molecule has 0 radical (unpaired) electrons. The maximum Gasteiger partial charge on any atom is 0.404 e. The summed E-state index contributed by atoms with van der Waals surface area (Å²) in [5.74, 6) is -0.495. The number of hydrogen-bond acceptors (Lipinski definition) is 4. The zero-order chi connectivity index (χ0) is 23.3. The van der Waals surface area contributed by atoms with Crippen molar-refractivity contribution in [3.05, 3.63) is 47.9 Å². The molecule has 0 aliphatic heterocycles. The Labute approximate surface area is 181 Å². The second-order valence-corrected chi connectivity index (χ2v) is 9.43. The van der Waals surface area contributed by atoms with Crippen molar-refractivity contribution in [1.82, 2.24) is 14.3 Å². The lowest BCUT2D eigenvalue weighted by Crippen LogP contribution is -2.42. The second-order valence-electron chi connectivity index (χ2n) is 7.72. The molecule has 0 amide bonds. The van der Waals surface area contributed by atoms with E-state index >= 15 is 0 Å². The van der Waals surface area contributed by atoms with Crippen molar-refractivity contribution in [3.8, 4) is 17.5 Å². The molecule has 1 N–H and O–H groups in total. The summed E-state index contributed by atoms with van der Waals surface area (Å²) in [6.07, 6.45) is -1.05. The molecule has 2 heterocycles. The highest BCUT2D eigenvalue weighted by Gasteiger charge is 2.39. The van der Waals surface area contributed by atoms with Crippen molar-refractivity contribution in [3.63, 3.8) is 0 Å². The molecule has 1 aliphatic carbocycles. The summed E-state index contributed by atoms with van der Waals surface area (Å²) >= 11 is 0. The SMILES string of the molecule is C[C@@H](NS(=O)(=O)c1ccc(-c2c(C#N)c3cc(F)ccc3n2C2CCC2)nc1)C(F)(F)F. The van der Waals surface area contributed by atoms with Crippen molar-refractivity contribution >= 4 is 20.9 Å². The smallest absolute Gasteiger partial charge is 0.335 e. The molecular formula is C21H18F4N4O2S. The van der Waals surface area contributed by atoms with Gasteiger partial charge in [-0.3, -0.25) is 4.98 Å². The van der Waals surface area contributed by atoms with Gasteiger partial charge < -0.3 is 4.57 Å². The minimum absolute atomic E-state index is 0.0829. The summed E-state index contributed by atoms with van der Waals surface area (Å²) in [6, 6.07) is 6.55. The fourth-order valence-electron chi connectivity index (χ4n) is 3.72. The zero-order valence-corrected chi connectivity index (χ0v) is 17.6. The van der Waals surface area contributed by atoms with Gasteiger partial charge in [-0.05, 0) is 56.5 Å². The Balaban J connectivity index is 1.80. The first-order valence-corrected chi connectivity index (χ1v) is 11.3. The molecule has 11 heteroatoms. The molecule has 0 spiro atoms. The van der Waals surface area contributed by atoms with Gasteiger partial charge in [-0.2, -0.15) is 23.2 Å². The van der Waals surface area contributed by atoms with E-state index in [1.54, 1.807) is 10.8 Å². The minimum atomic E-state index is -4.73. The van der Waals surface area contributed by atoms with Gasteiger partial charge in [-0.15, -0.1) is 0 Å². The second kappa shape index (κ2) is 7.86. The van der Waals surface area contributed by atoms with E-state index in [2.05, 4.69) is 11.1 Å². The molecule has 1 atom stereocenters. The third-order valence-corrected chi connectivity index (χ3v) is 7.15. The van der Waals surface area contributed by atoms with Crippen LogP contribution in [0.3, 0.4) is 0 Å². The summed E-state index contributed by atoms with van der Waals surface area (Å²) in [5, 5.41) is 10.2. The number of pyridine rings is 1. The van der Waals surface area contributed by atoms with Gasteiger partial charge in [-0.25, -0.2) is 12.8 Å². The molecule has 4 rings (SSSR count). The predicted molar refractivity (Wildman–Crippen MR) is 109 cm³/mol. The van der Waals surface area contributed by atoms with E-state index in [4.69, 9.17) is 0 Å². The molecule has 1 saturated carbocycles. The molecule has 0 unspecified atom stereocenters. The lowest BCUT2D eigenvalue weighted by molar-refractivity contribution is -0.147. The van der Waals surface area contributed by atoms with Crippen LogP contribution in [0.25, 0.3) is 22.3 Å². The normalized spacial score (nSPS) is 16.0. The Bertz CT molecular complexity index is 1320. The highest BCUT2D eigenvalue weighted by molar-refractivity contribution is 7.89. The molecule has 0 saturated heterocycles. The van der Waals surface area contributed by atoms with E-state index < -0.39 is 33.0 Å². The molecule has 6 nitrogen and oxygen atoms in total. The van der Waals surface area contributed by atoms with Crippen molar-refractivity contribution in [2.45, 2.75) is 49.3 Å². The first-order valence-electron chi connectivity index (χ1n) is 9.82. The molecule has 32 heavy (non-hydrogen) atoms. The number of aromatic nitrogens is 2. The number of alkyl halides is 3. The average molecular weight is 466 g/mol. The molecule has 1 aromatic carbocycles. The van der Waals surface area contributed by atoms with Crippen molar-refractivity contribution in [2.75, 3.05) is 0 Å². The monoisotopic (exact) mass is 466 g/mol. The number of benzene rings is 1. The van der Waals surface area contributed by atoms with Crippen molar-refractivity contribution < 1.29 is 26.0 Å². The van der Waals surface area contributed by atoms with Gasteiger partial charge in [0.05, 0.1) is 22.5 Å². The molecule has 1 aliphatic rings. The van der Waals surface area contributed by atoms with E-state index in [1.807, 2.05) is 4.57 Å². The maximum absolute atomic E-state index is 13.9. The summed E-state index contributed by atoms with van der Waals surface area (Å²) in [4.78, 5) is 3.71. The average Bonchev–Trinajstić information content (AvgIpc) is 2.99. The van der Waals surface area contributed by atoms with Crippen molar-refractivity contribution in [1.29, 1.82) is 5.26 Å². The van der Waals surface area contributed by atoms with Gasteiger partial charge in [0.25, 0.3) is 0 Å². The number of sulfonamides is 1. The summed E-state index contributed by atoms with van der Waals surface area (Å²) < 4.78 is 80.3. The number of rotatable bonds is 5. The van der Waals surface area contributed by atoms with Gasteiger partial charge in [0, 0.05) is 17.6 Å². The first-order chi connectivity index (χ1) is 15.0. The Morgan fingerprint density at radius 2 is 1.97 bits per heavy atom. The summed E-state index contributed by atoms with van der Waals surface area (Å²) in [7, 11) is -4.46. The zero-order valence-electron chi connectivity index (χ0n) is 16.8. The number of nitrogens with zero attached hydrogens (tertiary/aromatic N) is 3. The van der Waals surface area contributed by atoms with E-state index in [-0.39, 0.29) is 17.3 Å². The summed E-state index contributed by atoms with van der Waals surface area (Å²) in [6.45, 7) is 0.703. The molecule has 168 valence electrons. The van der Waals surface area contributed by atoms with Crippen LogP contribution in [-0.2, 0) is 10.0 Å². The number of nitrogens with one attached hydrogen (secondary N) is 1. The van der Waals surface area contributed by atoms with E-state index in [9.17, 15) is 31.2 Å². The van der Waals surface area contributed by atoms with Gasteiger partial charge in [0.1, 0.15) is 22.8 Å². The van der Waals surface area contributed by atoms with Crippen LogP contribution in [0.4, 0.5) is 17.6 Å². The molecule has 0 bridgehead atoms. The fraction of sp³-hybridized carbons (Fsp3) is 0.333. The predicted octanol–water partition coefficient (Wildman–Crippen LogP) is 4.67. The molecule has 3 aromatic rings. The highest BCUT2D eigenvalue weighted by atomic mass is 32.2. The van der Waals surface area contributed by atoms with Gasteiger partial charge >= 0.3 is 6.18 Å².